The van der Waals surface area contributed by atoms with Crippen molar-refractivity contribution in [1.82, 2.24) is 4.98 Å². The second-order valence-electron chi connectivity index (χ2n) is 5.36. The first-order chi connectivity index (χ1) is 9.74. The lowest BCUT2D eigenvalue weighted by Crippen LogP contribution is -2.18. The van der Waals surface area contributed by atoms with Crippen molar-refractivity contribution in [1.29, 1.82) is 0 Å². The number of fused-ring (bicyclic) bond motifs is 1. The first-order valence-corrected chi connectivity index (χ1v) is 7.03. The van der Waals surface area contributed by atoms with Gasteiger partial charge in [0.2, 0.25) is 0 Å². The molecule has 3 nitrogen and oxygen atoms in total. The zero-order valence-electron chi connectivity index (χ0n) is 11.6. The van der Waals surface area contributed by atoms with Crippen LogP contribution in [0.4, 0.5) is 0 Å². The zero-order chi connectivity index (χ0) is 13.9. The van der Waals surface area contributed by atoms with Crippen molar-refractivity contribution in [3.8, 4) is 0 Å². The fourth-order valence-corrected chi connectivity index (χ4v) is 2.77. The number of aliphatic hydroxyl groups is 1. The molecule has 0 radical (unpaired) electrons. The zero-order valence-corrected chi connectivity index (χ0v) is 11.6. The average Bonchev–Trinajstić information content (AvgIpc) is 2.47. The fraction of sp³-hybridized carbons (Fsp3) is 0.353. The number of benzene rings is 1. The Bertz CT molecular complexity index is 597. The maximum Gasteiger partial charge on any atom is 0.0855 e. The van der Waals surface area contributed by atoms with Crippen LogP contribution in [0.3, 0.4) is 0 Å². The highest BCUT2D eigenvalue weighted by molar-refractivity contribution is 5.31. The van der Waals surface area contributed by atoms with Gasteiger partial charge in [-0.25, -0.2) is 0 Å². The highest BCUT2D eigenvalue weighted by atomic mass is 16.5. The van der Waals surface area contributed by atoms with E-state index in [2.05, 4.69) is 23.2 Å². The van der Waals surface area contributed by atoms with E-state index in [0.29, 0.717) is 6.42 Å². The van der Waals surface area contributed by atoms with Gasteiger partial charge in [-0.15, -0.1) is 0 Å². The van der Waals surface area contributed by atoms with Crippen LogP contribution in [0.15, 0.2) is 42.7 Å². The van der Waals surface area contributed by atoms with Crippen molar-refractivity contribution in [2.75, 3.05) is 6.61 Å². The van der Waals surface area contributed by atoms with Crippen LogP contribution >= 0.6 is 0 Å². The van der Waals surface area contributed by atoms with Crippen LogP contribution in [-0.2, 0) is 11.2 Å². The molecule has 2 atom stereocenters. The Balaban J connectivity index is 1.79. The van der Waals surface area contributed by atoms with Crippen LogP contribution < -0.4 is 0 Å². The molecule has 2 aromatic rings. The number of aliphatic hydroxyl groups excluding tert-OH is 1. The summed E-state index contributed by atoms with van der Waals surface area (Å²) in [5, 5.41) is 10.4. The predicted molar refractivity (Wildman–Crippen MR) is 77.4 cm³/mol. The van der Waals surface area contributed by atoms with E-state index in [1.807, 2.05) is 19.1 Å². The molecule has 1 aromatic heterocycles. The van der Waals surface area contributed by atoms with Gasteiger partial charge in [-0.05, 0) is 35.6 Å². The minimum Gasteiger partial charge on any atom is -0.388 e. The maximum absolute atomic E-state index is 10.4. The van der Waals surface area contributed by atoms with Crippen molar-refractivity contribution >= 4 is 0 Å². The van der Waals surface area contributed by atoms with Crippen LogP contribution in [0, 0.1) is 6.92 Å². The molecular weight excluding hydrogens is 250 g/mol. The summed E-state index contributed by atoms with van der Waals surface area (Å²) in [7, 11) is 0. The highest BCUT2D eigenvalue weighted by Crippen LogP contribution is 2.34. The van der Waals surface area contributed by atoms with E-state index >= 15 is 0 Å². The minimum absolute atomic E-state index is 0.0320. The molecular formula is C17H19NO2. The van der Waals surface area contributed by atoms with E-state index in [1.54, 1.807) is 12.4 Å². The molecule has 0 saturated heterocycles. The minimum atomic E-state index is -0.543. The van der Waals surface area contributed by atoms with E-state index in [4.69, 9.17) is 4.74 Å². The van der Waals surface area contributed by atoms with Gasteiger partial charge in [0.15, 0.2) is 0 Å². The highest BCUT2D eigenvalue weighted by Gasteiger charge is 2.24. The summed E-state index contributed by atoms with van der Waals surface area (Å²) in [6.45, 7) is 2.70. The largest absolute Gasteiger partial charge is 0.388 e. The molecule has 0 amide bonds. The number of aryl methyl sites for hydroxylation is 1. The Morgan fingerprint density at radius 3 is 3.05 bits per heavy atom. The molecule has 0 spiro atoms. The monoisotopic (exact) mass is 269 g/mol. The summed E-state index contributed by atoms with van der Waals surface area (Å²) in [5.41, 5.74) is 4.46. The molecule has 2 heterocycles. The molecule has 20 heavy (non-hydrogen) atoms. The summed E-state index contributed by atoms with van der Waals surface area (Å²) in [4.78, 5) is 4.14. The van der Waals surface area contributed by atoms with E-state index in [-0.39, 0.29) is 6.10 Å². The summed E-state index contributed by atoms with van der Waals surface area (Å²) in [6, 6.07) is 10.3. The Hall–Kier alpha value is -1.71. The molecule has 2 unspecified atom stereocenters. The summed E-state index contributed by atoms with van der Waals surface area (Å²) >= 11 is 0. The molecule has 3 rings (SSSR count). The number of ether oxygens (including phenoxy) is 1. The molecule has 104 valence electrons. The third-order valence-electron chi connectivity index (χ3n) is 3.81. The van der Waals surface area contributed by atoms with Gasteiger partial charge in [0, 0.05) is 18.8 Å². The molecule has 0 fully saturated rings. The van der Waals surface area contributed by atoms with Gasteiger partial charge in [0.05, 0.1) is 18.8 Å². The third kappa shape index (κ3) is 2.74. The molecule has 1 N–H and O–H groups in total. The predicted octanol–water partition coefficient (Wildman–Crippen LogP) is 3.13. The molecule has 0 saturated carbocycles. The average molecular weight is 269 g/mol. The van der Waals surface area contributed by atoms with E-state index < -0.39 is 6.10 Å². The third-order valence-corrected chi connectivity index (χ3v) is 3.81. The second kappa shape index (κ2) is 5.73. The quantitative estimate of drug-likeness (QED) is 0.931. The maximum atomic E-state index is 10.4. The number of pyridine rings is 1. The van der Waals surface area contributed by atoms with E-state index in [1.165, 1.54) is 11.1 Å². The number of hydrogen-bond acceptors (Lipinski definition) is 3. The van der Waals surface area contributed by atoms with E-state index in [0.717, 1.165) is 24.2 Å². The van der Waals surface area contributed by atoms with Crippen LogP contribution in [0.1, 0.15) is 40.9 Å². The van der Waals surface area contributed by atoms with Crippen molar-refractivity contribution < 1.29 is 9.84 Å². The van der Waals surface area contributed by atoms with Crippen LogP contribution in [0.2, 0.25) is 0 Å². The molecule has 1 aromatic carbocycles. The smallest absolute Gasteiger partial charge is 0.0855 e. The number of nitrogens with zero attached hydrogens (tertiary/aromatic N) is 1. The molecule has 0 aliphatic carbocycles. The van der Waals surface area contributed by atoms with Crippen molar-refractivity contribution in [3.05, 3.63) is 65.0 Å². The van der Waals surface area contributed by atoms with Gasteiger partial charge >= 0.3 is 0 Å². The van der Waals surface area contributed by atoms with Crippen LogP contribution in [0.25, 0.3) is 0 Å². The summed E-state index contributed by atoms with van der Waals surface area (Å²) < 4.78 is 5.85. The lowest BCUT2D eigenvalue weighted by molar-refractivity contribution is 0.00369. The van der Waals surface area contributed by atoms with Gasteiger partial charge < -0.3 is 9.84 Å². The van der Waals surface area contributed by atoms with Gasteiger partial charge in [0.25, 0.3) is 0 Å². The van der Waals surface area contributed by atoms with Crippen molar-refractivity contribution in [2.24, 2.45) is 0 Å². The molecule has 0 bridgehead atoms. The van der Waals surface area contributed by atoms with Crippen molar-refractivity contribution in [2.45, 2.75) is 32.0 Å². The lowest BCUT2D eigenvalue weighted by atomic mass is 9.92. The van der Waals surface area contributed by atoms with Gasteiger partial charge in [-0.2, -0.15) is 0 Å². The molecule has 1 aliphatic rings. The fourth-order valence-electron chi connectivity index (χ4n) is 2.77. The van der Waals surface area contributed by atoms with Gasteiger partial charge in [-0.1, -0.05) is 30.3 Å². The van der Waals surface area contributed by atoms with Crippen LogP contribution in [0.5, 0.6) is 0 Å². The Kier molecular flexibility index (Phi) is 3.81. The van der Waals surface area contributed by atoms with Crippen molar-refractivity contribution in [3.63, 3.8) is 0 Å². The standard InChI is InChI=1S/C17H19NO2/c1-12-8-14(11-18-10-12)16(19)9-17-15-5-3-2-4-13(15)6-7-20-17/h2-5,8,10-11,16-17,19H,6-7,9H2,1H3. The summed E-state index contributed by atoms with van der Waals surface area (Å²) in [6.07, 6.45) is 4.47. The molecule has 1 aliphatic heterocycles. The summed E-state index contributed by atoms with van der Waals surface area (Å²) in [5.74, 6) is 0. The SMILES string of the molecule is Cc1cncc(C(O)CC2OCCc3ccccc32)c1. The van der Waals surface area contributed by atoms with E-state index in [9.17, 15) is 5.11 Å². The van der Waals surface area contributed by atoms with Gasteiger partial charge in [-0.3, -0.25) is 4.98 Å². The first-order valence-electron chi connectivity index (χ1n) is 7.03. The topological polar surface area (TPSA) is 42.4 Å². The van der Waals surface area contributed by atoms with Gasteiger partial charge in [0.1, 0.15) is 0 Å². The number of hydrogen-bond donors (Lipinski definition) is 1. The second-order valence-corrected chi connectivity index (χ2v) is 5.36. The Morgan fingerprint density at radius 2 is 2.20 bits per heavy atom. The molecule has 3 heteroatoms. The number of aromatic nitrogens is 1. The Labute approximate surface area is 119 Å². The van der Waals surface area contributed by atoms with Crippen LogP contribution in [-0.4, -0.2) is 16.7 Å². The Morgan fingerprint density at radius 1 is 1.35 bits per heavy atom. The normalized spacial score (nSPS) is 19.4. The first kappa shape index (κ1) is 13.3. The lowest BCUT2D eigenvalue weighted by Gasteiger charge is -2.27. The number of rotatable bonds is 3.